The molecule has 0 saturated heterocycles. The third-order valence-corrected chi connectivity index (χ3v) is 3.21. The molecular weight excluding hydrogens is 324 g/mol. The standard InChI is InChI=1S/C15H14N8O2/c16-14(17)21-15(18)20-9-3-1-2-8(6-9)11-4-5-19-12-7-10(13(24)25)22-23(11)12/h1-7H,(H,24,25)(H6,16,17,18,20,21). The van der Waals surface area contributed by atoms with Gasteiger partial charge < -0.3 is 22.3 Å². The van der Waals surface area contributed by atoms with Crippen LogP contribution in [0.1, 0.15) is 10.5 Å². The lowest BCUT2D eigenvalue weighted by atomic mass is 10.1. The van der Waals surface area contributed by atoms with Crippen LogP contribution in [0.2, 0.25) is 0 Å². The number of nitrogens with zero attached hydrogens (tertiary/aromatic N) is 5. The second-order valence-corrected chi connectivity index (χ2v) is 4.99. The first kappa shape index (κ1) is 15.9. The first-order valence-electron chi connectivity index (χ1n) is 7.06. The van der Waals surface area contributed by atoms with Crippen molar-refractivity contribution in [1.29, 1.82) is 0 Å². The number of nitrogens with two attached hydrogens (primary N) is 3. The van der Waals surface area contributed by atoms with Crippen LogP contribution in [0.3, 0.4) is 0 Å². The van der Waals surface area contributed by atoms with Gasteiger partial charge in [-0.25, -0.2) is 19.3 Å². The summed E-state index contributed by atoms with van der Waals surface area (Å²) in [5, 5.41) is 13.2. The van der Waals surface area contributed by atoms with Crippen molar-refractivity contribution < 1.29 is 9.90 Å². The van der Waals surface area contributed by atoms with Gasteiger partial charge in [0.1, 0.15) is 0 Å². The number of guanidine groups is 2. The molecule has 25 heavy (non-hydrogen) atoms. The van der Waals surface area contributed by atoms with Crippen molar-refractivity contribution in [3.8, 4) is 11.3 Å². The van der Waals surface area contributed by atoms with Crippen LogP contribution in [0.25, 0.3) is 16.9 Å². The van der Waals surface area contributed by atoms with Gasteiger partial charge in [0.2, 0.25) is 5.96 Å². The van der Waals surface area contributed by atoms with Crippen LogP contribution in [0.15, 0.2) is 52.6 Å². The van der Waals surface area contributed by atoms with Gasteiger partial charge in [0, 0.05) is 17.8 Å². The van der Waals surface area contributed by atoms with E-state index >= 15 is 0 Å². The molecule has 0 saturated carbocycles. The van der Waals surface area contributed by atoms with Crippen LogP contribution < -0.4 is 17.2 Å². The number of carbonyl (C=O) groups is 1. The Hall–Kier alpha value is -3.95. The van der Waals surface area contributed by atoms with Crippen molar-refractivity contribution >= 4 is 29.2 Å². The van der Waals surface area contributed by atoms with Crippen LogP contribution in [0.5, 0.6) is 0 Å². The molecule has 0 aliphatic heterocycles. The Kier molecular flexibility index (Phi) is 4.00. The Morgan fingerprint density at radius 1 is 1.16 bits per heavy atom. The topological polar surface area (TPSA) is 170 Å². The third kappa shape index (κ3) is 3.37. The molecule has 0 aliphatic carbocycles. The fraction of sp³-hybridized carbons (Fsp3) is 0. The molecule has 0 amide bonds. The molecule has 3 aromatic rings. The lowest BCUT2D eigenvalue weighted by molar-refractivity contribution is 0.0690. The Labute approximate surface area is 141 Å². The van der Waals surface area contributed by atoms with Gasteiger partial charge >= 0.3 is 5.97 Å². The highest BCUT2D eigenvalue weighted by atomic mass is 16.4. The summed E-state index contributed by atoms with van der Waals surface area (Å²) in [5.74, 6) is -1.39. The van der Waals surface area contributed by atoms with Gasteiger partial charge in [-0.3, -0.25) is 0 Å². The largest absolute Gasteiger partial charge is 0.476 e. The average Bonchev–Trinajstić information content (AvgIpc) is 2.98. The minimum absolute atomic E-state index is 0.0794. The molecule has 0 radical (unpaired) electrons. The van der Waals surface area contributed by atoms with Gasteiger partial charge in [-0.15, -0.1) is 0 Å². The molecule has 2 heterocycles. The molecule has 3 rings (SSSR count). The summed E-state index contributed by atoms with van der Waals surface area (Å²) in [6.45, 7) is 0. The van der Waals surface area contributed by atoms with Crippen LogP contribution in [0.4, 0.5) is 5.69 Å². The second kappa shape index (κ2) is 6.28. The number of carboxylic acids is 1. The molecule has 0 bridgehead atoms. The zero-order valence-corrected chi connectivity index (χ0v) is 12.9. The summed E-state index contributed by atoms with van der Waals surface area (Å²) < 4.78 is 1.45. The van der Waals surface area contributed by atoms with Crippen LogP contribution in [0, 0.1) is 0 Å². The number of hydrogen-bond donors (Lipinski definition) is 4. The summed E-state index contributed by atoms with van der Waals surface area (Å²) in [6, 6.07) is 10.2. The second-order valence-electron chi connectivity index (χ2n) is 4.99. The van der Waals surface area contributed by atoms with E-state index in [1.54, 1.807) is 30.5 Å². The van der Waals surface area contributed by atoms with E-state index in [0.29, 0.717) is 17.0 Å². The molecule has 1 aromatic carbocycles. The molecule has 10 nitrogen and oxygen atoms in total. The molecule has 7 N–H and O–H groups in total. The fourth-order valence-electron chi connectivity index (χ4n) is 2.24. The molecule has 10 heteroatoms. The number of hydrogen-bond acceptors (Lipinski definition) is 4. The summed E-state index contributed by atoms with van der Waals surface area (Å²) in [7, 11) is 0. The maximum Gasteiger partial charge on any atom is 0.356 e. The van der Waals surface area contributed by atoms with Crippen molar-refractivity contribution in [2.75, 3.05) is 0 Å². The minimum atomic E-state index is -1.13. The number of aliphatic imine (C=N–C) groups is 2. The quantitative estimate of drug-likeness (QED) is 0.393. The van der Waals surface area contributed by atoms with Gasteiger partial charge in [0.25, 0.3) is 0 Å². The lowest BCUT2D eigenvalue weighted by Gasteiger charge is -2.05. The first-order chi connectivity index (χ1) is 11.9. The number of rotatable bonds is 3. The Morgan fingerprint density at radius 3 is 2.68 bits per heavy atom. The summed E-state index contributed by atoms with van der Waals surface area (Å²) >= 11 is 0. The minimum Gasteiger partial charge on any atom is -0.476 e. The highest BCUT2D eigenvalue weighted by Gasteiger charge is 2.13. The Balaban J connectivity index is 2.08. The van der Waals surface area contributed by atoms with Crippen molar-refractivity contribution in [1.82, 2.24) is 14.6 Å². The predicted molar refractivity (Wildman–Crippen MR) is 92.5 cm³/mol. The van der Waals surface area contributed by atoms with E-state index in [9.17, 15) is 4.79 Å². The SMILES string of the molecule is NC(N)=NC(N)=Nc1cccc(-c2ccnc3cc(C(=O)O)nn23)c1. The normalized spacial score (nSPS) is 11.4. The zero-order chi connectivity index (χ0) is 18.0. The molecule has 0 spiro atoms. The number of aromatic nitrogens is 3. The van der Waals surface area contributed by atoms with Gasteiger partial charge in [-0.1, -0.05) is 12.1 Å². The summed E-state index contributed by atoms with van der Waals surface area (Å²) in [4.78, 5) is 23.0. The van der Waals surface area contributed by atoms with Crippen LogP contribution >= 0.6 is 0 Å². The lowest BCUT2D eigenvalue weighted by Crippen LogP contribution is -2.26. The average molecular weight is 338 g/mol. The first-order valence-corrected chi connectivity index (χ1v) is 7.06. The van der Waals surface area contributed by atoms with E-state index in [-0.39, 0.29) is 17.6 Å². The van der Waals surface area contributed by atoms with Crippen molar-refractivity contribution in [2.45, 2.75) is 0 Å². The fourth-order valence-corrected chi connectivity index (χ4v) is 2.24. The third-order valence-electron chi connectivity index (χ3n) is 3.21. The van der Waals surface area contributed by atoms with E-state index in [0.717, 1.165) is 5.56 Å². The van der Waals surface area contributed by atoms with Crippen molar-refractivity contribution in [3.05, 3.63) is 48.3 Å². The highest BCUT2D eigenvalue weighted by Crippen LogP contribution is 2.24. The van der Waals surface area contributed by atoms with Crippen LogP contribution in [-0.4, -0.2) is 37.6 Å². The Bertz CT molecular complexity index is 1020. The molecule has 0 fully saturated rings. The predicted octanol–water partition coefficient (Wildman–Crippen LogP) is 0.314. The van der Waals surface area contributed by atoms with Gasteiger partial charge in [-0.05, 0) is 18.2 Å². The smallest absolute Gasteiger partial charge is 0.356 e. The molecular formula is C15H14N8O2. The molecule has 2 aromatic heterocycles. The maximum atomic E-state index is 11.1. The van der Waals surface area contributed by atoms with Gasteiger partial charge in [-0.2, -0.15) is 10.1 Å². The zero-order valence-electron chi connectivity index (χ0n) is 12.9. The van der Waals surface area contributed by atoms with E-state index < -0.39 is 5.97 Å². The van der Waals surface area contributed by atoms with E-state index in [2.05, 4.69) is 20.1 Å². The van der Waals surface area contributed by atoms with Gasteiger partial charge in [0.05, 0.1) is 11.4 Å². The molecule has 0 aliphatic rings. The van der Waals surface area contributed by atoms with E-state index in [4.69, 9.17) is 22.3 Å². The Morgan fingerprint density at radius 2 is 1.96 bits per heavy atom. The van der Waals surface area contributed by atoms with Crippen LogP contribution in [-0.2, 0) is 0 Å². The maximum absolute atomic E-state index is 11.1. The number of benzene rings is 1. The van der Waals surface area contributed by atoms with E-state index in [1.807, 2.05) is 6.07 Å². The van der Waals surface area contributed by atoms with Crippen molar-refractivity contribution in [2.24, 2.45) is 27.2 Å². The van der Waals surface area contributed by atoms with E-state index in [1.165, 1.54) is 10.6 Å². The highest BCUT2D eigenvalue weighted by molar-refractivity contribution is 5.93. The summed E-state index contributed by atoms with van der Waals surface area (Å²) in [5.41, 5.74) is 18.4. The monoisotopic (exact) mass is 338 g/mol. The van der Waals surface area contributed by atoms with Crippen molar-refractivity contribution in [3.63, 3.8) is 0 Å². The molecule has 126 valence electrons. The molecule has 0 atom stereocenters. The summed E-state index contributed by atoms with van der Waals surface area (Å²) in [6.07, 6.45) is 1.57. The molecule has 0 unspecified atom stereocenters. The number of carboxylic acid groups (broad SMARTS) is 1. The number of fused-ring (bicyclic) bond motifs is 1. The number of aromatic carboxylic acids is 1. The van der Waals surface area contributed by atoms with Gasteiger partial charge in [0.15, 0.2) is 17.3 Å².